The second-order valence-electron chi connectivity index (χ2n) is 6.89. The van der Waals surface area contributed by atoms with Crippen molar-refractivity contribution in [2.75, 3.05) is 31.6 Å². The van der Waals surface area contributed by atoms with Gasteiger partial charge in [-0.3, -0.25) is 5.01 Å². The van der Waals surface area contributed by atoms with Crippen molar-refractivity contribution in [1.29, 1.82) is 0 Å². The van der Waals surface area contributed by atoms with Crippen molar-refractivity contribution in [2.24, 2.45) is 0 Å². The molecule has 0 amide bonds. The number of unbranched alkanes of at least 4 members (excludes halogenated alkanes) is 3. The fraction of sp³-hybridized carbons (Fsp3) is 0.591. The van der Waals surface area contributed by atoms with Gasteiger partial charge in [0.05, 0.1) is 12.2 Å². The van der Waals surface area contributed by atoms with Crippen molar-refractivity contribution >= 4 is 11.7 Å². The summed E-state index contributed by atoms with van der Waals surface area (Å²) in [6, 6.07) is 10.0. The summed E-state index contributed by atoms with van der Waals surface area (Å²) in [4.78, 5) is 12.9. The van der Waals surface area contributed by atoms with Gasteiger partial charge in [-0.2, -0.15) is 10.1 Å². The highest BCUT2D eigenvalue weighted by Gasteiger charge is 2.36. The number of rotatable bonds is 11. The largest absolute Gasteiger partial charge is 0.462 e. The molecular formula is C22H36N4O2. The van der Waals surface area contributed by atoms with Gasteiger partial charge < -0.3 is 10.1 Å². The fourth-order valence-electron chi connectivity index (χ4n) is 3.49. The molecule has 6 heteroatoms. The number of nitrogens with zero attached hydrogens (tertiary/aromatic N) is 3. The molecule has 1 aliphatic rings. The van der Waals surface area contributed by atoms with Gasteiger partial charge in [0, 0.05) is 31.5 Å². The van der Waals surface area contributed by atoms with E-state index < -0.39 is 0 Å². The second-order valence-corrected chi connectivity index (χ2v) is 6.89. The Hall–Kier alpha value is -2.05. The number of benzene rings is 1. The lowest BCUT2D eigenvalue weighted by molar-refractivity contribution is -0.181. The summed E-state index contributed by atoms with van der Waals surface area (Å²) in [5.74, 6) is -0.238. The standard InChI is InChI=1S/C22H36N4O2/c1-5-9-10-14-17-28-22(27)20-18-24(6-2)26(8-4)25(7-3)21(20)23-19-15-12-11-13-16-19/h11-13,15-16,18,21,23H,5-10,14,17H2,1-4H3. The number of likely N-dealkylation sites (N-methyl/N-ethyl adjacent to an activating group) is 1. The number of hydrogen-bond acceptors (Lipinski definition) is 6. The maximum atomic E-state index is 12.9. The molecule has 0 aromatic heterocycles. The first-order valence-corrected chi connectivity index (χ1v) is 10.7. The highest BCUT2D eigenvalue weighted by molar-refractivity contribution is 5.90. The molecule has 1 heterocycles. The van der Waals surface area contributed by atoms with Gasteiger partial charge in [0.1, 0.15) is 6.17 Å². The van der Waals surface area contributed by atoms with Crippen LogP contribution in [0, 0.1) is 0 Å². The van der Waals surface area contributed by atoms with E-state index >= 15 is 0 Å². The second kappa shape index (κ2) is 11.7. The van der Waals surface area contributed by atoms with Crippen LogP contribution < -0.4 is 5.32 Å². The topological polar surface area (TPSA) is 48.1 Å². The van der Waals surface area contributed by atoms with Gasteiger partial charge in [0.15, 0.2) is 0 Å². The Bertz CT molecular complexity index is 620. The van der Waals surface area contributed by atoms with E-state index in [1.165, 1.54) is 12.8 Å². The molecule has 156 valence electrons. The van der Waals surface area contributed by atoms with E-state index in [1.807, 2.05) is 36.5 Å². The molecule has 2 rings (SSSR count). The van der Waals surface area contributed by atoms with Gasteiger partial charge in [0.25, 0.3) is 0 Å². The molecule has 1 aliphatic heterocycles. The molecule has 28 heavy (non-hydrogen) atoms. The Morgan fingerprint density at radius 2 is 1.75 bits per heavy atom. The summed E-state index contributed by atoms with van der Waals surface area (Å²) < 4.78 is 5.63. The van der Waals surface area contributed by atoms with E-state index in [-0.39, 0.29) is 12.1 Å². The Morgan fingerprint density at radius 3 is 2.36 bits per heavy atom. The van der Waals surface area contributed by atoms with Crippen LogP contribution in [0.1, 0.15) is 53.4 Å². The summed E-state index contributed by atoms with van der Waals surface area (Å²) in [7, 11) is 0. The number of anilines is 1. The Labute approximate surface area is 170 Å². The van der Waals surface area contributed by atoms with Gasteiger partial charge in [0.2, 0.25) is 0 Å². The van der Waals surface area contributed by atoms with E-state index in [4.69, 9.17) is 4.74 Å². The zero-order chi connectivity index (χ0) is 20.4. The van der Waals surface area contributed by atoms with Crippen LogP contribution in [0.2, 0.25) is 0 Å². The van der Waals surface area contributed by atoms with Gasteiger partial charge in [-0.1, -0.05) is 51.3 Å². The minimum atomic E-state index is -0.265. The van der Waals surface area contributed by atoms with Crippen molar-refractivity contribution < 1.29 is 9.53 Å². The van der Waals surface area contributed by atoms with E-state index in [9.17, 15) is 4.79 Å². The number of nitrogens with one attached hydrogen (secondary N) is 1. The molecule has 1 aromatic rings. The van der Waals surface area contributed by atoms with Crippen LogP contribution in [-0.4, -0.2) is 53.5 Å². The number of carbonyl (C=O) groups excluding carboxylic acids is 1. The SMILES string of the molecule is CCCCCCOC(=O)C1=CN(CC)N(CC)N(CC)C1Nc1ccccc1. The number of hydrazine groups is 2. The molecule has 0 aliphatic carbocycles. The normalized spacial score (nSPS) is 18.1. The van der Waals surface area contributed by atoms with Crippen LogP contribution in [0.25, 0.3) is 0 Å². The predicted octanol–water partition coefficient (Wildman–Crippen LogP) is 4.24. The number of carbonyl (C=O) groups is 1. The van der Waals surface area contributed by atoms with Crippen molar-refractivity contribution in [3.63, 3.8) is 0 Å². The average Bonchev–Trinajstić information content (AvgIpc) is 2.73. The smallest absolute Gasteiger partial charge is 0.339 e. The summed E-state index contributed by atoms with van der Waals surface area (Å²) in [6.45, 7) is 11.4. The van der Waals surface area contributed by atoms with Crippen molar-refractivity contribution in [2.45, 2.75) is 59.5 Å². The van der Waals surface area contributed by atoms with Crippen LogP contribution in [0.15, 0.2) is 42.1 Å². The van der Waals surface area contributed by atoms with Crippen LogP contribution >= 0.6 is 0 Å². The Kier molecular flexibility index (Phi) is 9.31. The maximum Gasteiger partial charge on any atom is 0.339 e. The first-order chi connectivity index (χ1) is 13.7. The number of para-hydroxylation sites is 1. The summed E-state index contributed by atoms with van der Waals surface area (Å²) in [5, 5.41) is 9.97. The lowest BCUT2D eigenvalue weighted by Crippen LogP contribution is -2.61. The summed E-state index contributed by atoms with van der Waals surface area (Å²) >= 11 is 0. The van der Waals surface area contributed by atoms with Crippen molar-refractivity contribution in [3.05, 3.63) is 42.1 Å². The predicted molar refractivity (Wildman–Crippen MR) is 114 cm³/mol. The quantitative estimate of drug-likeness (QED) is 0.452. The average molecular weight is 389 g/mol. The van der Waals surface area contributed by atoms with E-state index in [0.29, 0.717) is 12.2 Å². The summed E-state index contributed by atoms with van der Waals surface area (Å²) in [6.07, 6.45) is 6.03. The zero-order valence-electron chi connectivity index (χ0n) is 17.9. The third kappa shape index (κ3) is 5.72. The highest BCUT2D eigenvalue weighted by Crippen LogP contribution is 2.25. The monoisotopic (exact) mass is 388 g/mol. The first kappa shape index (κ1) is 22.2. The van der Waals surface area contributed by atoms with E-state index in [2.05, 4.69) is 48.1 Å². The van der Waals surface area contributed by atoms with Gasteiger partial charge in [-0.25, -0.2) is 4.79 Å². The molecular weight excluding hydrogens is 352 g/mol. The minimum absolute atomic E-state index is 0.238. The number of esters is 1. The molecule has 0 bridgehead atoms. The highest BCUT2D eigenvalue weighted by atomic mass is 16.5. The Balaban J connectivity index is 2.22. The first-order valence-electron chi connectivity index (χ1n) is 10.7. The maximum absolute atomic E-state index is 12.9. The molecule has 6 nitrogen and oxygen atoms in total. The van der Waals surface area contributed by atoms with Gasteiger partial charge in [-0.15, -0.1) is 0 Å². The number of ether oxygens (including phenoxy) is 1. The third-order valence-electron chi connectivity index (χ3n) is 4.95. The van der Waals surface area contributed by atoms with Gasteiger partial charge in [-0.05, 0) is 32.4 Å². The van der Waals surface area contributed by atoms with Crippen LogP contribution in [0.4, 0.5) is 5.69 Å². The molecule has 0 fully saturated rings. The van der Waals surface area contributed by atoms with Gasteiger partial charge >= 0.3 is 5.97 Å². The molecule has 0 saturated heterocycles. The third-order valence-corrected chi connectivity index (χ3v) is 4.95. The summed E-state index contributed by atoms with van der Waals surface area (Å²) in [5.41, 5.74) is 1.63. The van der Waals surface area contributed by atoms with E-state index in [1.54, 1.807) is 0 Å². The van der Waals surface area contributed by atoms with Crippen LogP contribution in [0.3, 0.4) is 0 Å². The lowest BCUT2D eigenvalue weighted by atomic mass is 10.1. The zero-order valence-corrected chi connectivity index (χ0v) is 17.9. The van der Waals surface area contributed by atoms with Crippen molar-refractivity contribution in [3.8, 4) is 0 Å². The molecule has 0 saturated carbocycles. The van der Waals surface area contributed by atoms with Crippen LogP contribution in [0.5, 0.6) is 0 Å². The molecule has 0 spiro atoms. The van der Waals surface area contributed by atoms with E-state index in [0.717, 1.165) is 38.2 Å². The number of hydrogen-bond donors (Lipinski definition) is 1. The van der Waals surface area contributed by atoms with Crippen molar-refractivity contribution in [1.82, 2.24) is 15.1 Å². The fourth-order valence-corrected chi connectivity index (χ4v) is 3.49. The minimum Gasteiger partial charge on any atom is -0.462 e. The lowest BCUT2D eigenvalue weighted by Gasteiger charge is -2.48. The molecule has 0 radical (unpaired) electrons. The molecule has 1 aromatic carbocycles. The molecule has 1 atom stereocenters. The molecule has 1 unspecified atom stereocenters. The Morgan fingerprint density at radius 1 is 1.00 bits per heavy atom. The molecule has 1 N–H and O–H groups in total. The van der Waals surface area contributed by atoms with Crippen LogP contribution in [-0.2, 0) is 9.53 Å².